The van der Waals surface area contributed by atoms with Gasteiger partial charge in [0.25, 0.3) is 0 Å². The normalized spacial score (nSPS) is 12.2. The Morgan fingerprint density at radius 1 is 1.25 bits per heavy atom. The summed E-state index contributed by atoms with van der Waals surface area (Å²) < 4.78 is 0. The molecule has 0 aliphatic carbocycles. The highest BCUT2D eigenvalue weighted by molar-refractivity contribution is 6.31. The number of alkyl halides is 1. The fourth-order valence-corrected chi connectivity index (χ4v) is 2.68. The lowest BCUT2D eigenvalue weighted by Gasteiger charge is -2.28. The lowest BCUT2D eigenvalue weighted by molar-refractivity contribution is 0.723. The van der Waals surface area contributed by atoms with E-state index in [2.05, 4.69) is 16.9 Å². The maximum atomic E-state index is 6.07. The van der Waals surface area contributed by atoms with Crippen LogP contribution >= 0.6 is 34.8 Å². The highest BCUT2D eigenvalue weighted by Gasteiger charge is 2.18. The van der Waals surface area contributed by atoms with E-state index in [4.69, 9.17) is 34.8 Å². The van der Waals surface area contributed by atoms with E-state index in [1.165, 1.54) is 6.33 Å². The quantitative estimate of drug-likeness (QED) is 0.600. The minimum atomic E-state index is 0.0848. The van der Waals surface area contributed by atoms with Crippen LogP contribution in [0.15, 0.2) is 30.6 Å². The monoisotopic (exact) mass is 329 g/mol. The van der Waals surface area contributed by atoms with Crippen molar-refractivity contribution in [3.05, 3.63) is 51.9 Å². The van der Waals surface area contributed by atoms with Gasteiger partial charge in [0.05, 0.1) is 11.9 Å². The van der Waals surface area contributed by atoms with Crippen molar-refractivity contribution in [1.29, 1.82) is 0 Å². The molecule has 0 saturated carbocycles. The van der Waals surface area contributed by atoms with Gasteiger partial charge < -0.3 is 4.90 Å². The lowest BCUT2D eigenvalue weighted by Crippen LogP contribution is -2.24. The van der Waals surface area contributed by atoms with Crippen molar-refractivity contribution in [2.24, 2.45) is 0 Å². The number of rotatable bonds is 4. The number of halogens is 3. The highest BCUT2D eigenvalue weighted by atomic mass is 35.5. The van der Waals surface area contributed by atoms with E-state index in [0.717, 1.165) is 16.9 Å². The van der Waals surface area contributed by atoms with Crippen LogP contribution in [-0.2, 0) is 5.88 Å². The van der Waals surface area contributed by atoms with Crippen LogP contribution in [0, 0.1) is 0 Å². The van der Waals surface area contributed by atoms with Gasteiger partial charge in [0.2, 0.25) is 0 Å². The molecule has 0 N–H and O–H groups in total. The second kappa shape index (κ2) is 6.61. The maximum Gasteiger partial charge on any atom is 0.138 e. The minimum absolute atomic E-state index is 0.0848. The number of anilines is 1. The molecule has 0 radical (unpaired) electrons. The summed E-state index contributed by atoms with van der Waals surface area (Å²) >= 11 is 18.0. The van der Waals surface area contributed by atoms with Crippen molar-refractivity contribution in [2.45, 2.75) is 18.8 Å². The third kappa shape index (κ3) is 3.17. The largest absolute Gasteiger partial charge is 0.353 e. The second-order valence-corrected chi connectivity index (χ2v) is 5.50. The Morgan fingerprint density at radius 3 is 2.65 bits per heavy atom. The number of hydrogen-bond acceptors (Lipinski definition) is 3. The summed E-state index contributed by atoms with van der Waals surface area (Å²) in [5.74, 6) is 0.995. The summed E-state index contributed by atoms with van der Waals surface area (Å²) in [7, 11) is 1.94. The van der Waals surface area contributed by atoms with E-state index < -0.39 is 0 Å². The molecule has 6 heteroatoms. The van der Waals surface area contributed by atoms with Gasteiger partial charge in [-0.3, -0.25) is 0 Å². The van der Waals surface area contributed by atoms with E-state index in [1.54, 1.807) is 0 Å². The fraction of sp³-hybridized carbons (Fsp3) is 0.286. The third-order valence-corrected chi connectivity index (χ3v) is 4.08. The van der Waals surface area contributed by atoms with Crippen LogP contribution in [0.25, 0.3) is 0 Å². The topological polar surface area (TPSA) is 29.0 Å². The maximum absolute atomic E-state index is 6.07. The Kier molecular flexibility index (Phi) is 5.08. The van der Waals surface area contributed by atoms with E-state index in [-0.39, 0.29) is 11.9 Å². The molecule has 3 nitrogen and oxygen atoms in total. The molecule has 0 fully saturated rings. The van der Waals surface area contributed by atoms with Gasteiger partial charge in [0.15, 0.2) is 0 Å². The first-order valence-electron chi connectivity index (χ1n) is 6.08. The number of aromatic nitrogens is 2. The molecular formula is C14H14Cl3N3. The Morgan fingerprint density at radius 2 is 2.00 bits per heavy atom. The Balaban J connectivity index is 2.36. The Bertz CT molecular complexity index is 604. The minimum Gasteiger partial charge on any atom is -0.353 e. The van der Waals surface area contributed by atoms with Gasteiger partial charge in [-0.1, -0.05) is 35.3 Å². The predicted octanol–water partition coefficient (Wildman–Crippen LogP) is 4.72. The van der Waals surface area contributed by atoms with Crippen molar-refractivity contribution in [2.75, 3.05) is 11.9 Å². The molecule has 0 aliphatic rings. The lowest BCUT2D eigenvalue weighted by atomic mass is 10.1. The van der Waals surface area contributed by atoms with Gasteiger partial charge in [-0.25, -0.2) is 9.97 Å². The summed E-state index contributed by atoms with van der Waals surface area (Å²) in [6.07, 6.45) is 1.44. The average molecular weight is 331 g/mol. The molecule has 1 unspecified atom stereocenters. The molecule has 20 heavy (non-hydrogen) atoms. The predicted molar refractivity (Wildman–Crippen MR) is 84.9 cm³/mol. The average Bonchev–Trinajstić information content (AvgIpc) is 2.45. The standard InChI is InChI=1S/C14H14Cl3N3/c1-9(10-4-3-5-11(16)6-10)20(2)14-12(7-15)13(17)18-8-19-14/h3-6,8-9H,7H2,1-2H3. The molecule has 0 bridgehead atoms. The SMILES string of the molecule is CC(c1cccc(Cl)c1)N(C)c1ncnc(Cl)c1CCl. The first-order valence-corrected chi connectivity index (χ1v) is 7.37. The Labute approximate surface area is 133 Å². The molecule has 0 amide bonds. The molecule has 0 spiro atoms. The van der Waals surface area contributed by atoms with Crippen molar-refractivity contribution < 1.29 is 0 Å². The summed E-state index contributed by atoms with van der Waals surface area (Å²) in [6, 6.07) is 7.82. The Hall–Kier alpha value is -1.03. The van der Waals surface area contributed by atoms with Crippen LogP contribution in [0.2, 0.25) is 10.2 Å². The van der Waals surface area contributed by atoms with E-state index >= 15 is 0 Å². The molecule has 0 saturated heterocycles. The molecule has 2 rings (SSSR count). The smallest absolute Gasteiger partial charge is 0.138 e. The first-order chi connectivity index (χ1) is 9.54. The molecule has 1 aromatic heterocycles. The van der Waals surface area contributed by atoms with Gasteiger partial charge in [-0.2, -0.15) is 0 Å². The zero-order chi connectivity index (χ0) is 14.7. The van der Waals surface area contributed by atoms with E-state index in [9.17, 15) is 0 Å². The third-order valence-electron chi connectivity index (χ3n) is 3.25. The van der Waals surface area contributed by atoms with Crippen molar-refractivity contribution >= 4 is 40.6 Å². The van der Waals surface area contributed by atoms with Crippen LogP contribution in [0.3, 0.4) is 0 Å². The van der Waals surface area contributed by atoms with E-state index in [0.29, 0.717) is 10.2 Å². The molecular weight excluding hydrogens is 317 g/mol. The van der Waals surface area contributed by atoms with Gasteiger partial charge in [0.1, 0.15) is 17.3 Å². The van der Waals surface area contributed by atoms with Gasteiger partial charge in [-0.05, 0) is 24.6 Å². The fourth-order valence-electron chi connectivity index (χ4n) is 1.97. The van der Waals surface area contributed by atoms with Crippen LogP contribution in [0.5, 0.6) is 0 Å². The summed E-state index contributed by atoms with van der Waals surface area (Å²) in [6.45, 7) is 2.07. The van der Waals surface area contributed by atoms with Gasteiger partial charge in [-0.15, -0.1) is 11.6 Å². The number of benzene rings is 1. The zero-order valence-corrected chi connectivity index (χ0v) is 13.4. The zero-order valence-electron chi connectivity index (χ0n) is 11.1. The van der Waals surface area contributed by atoms with Crippen molar-refractivity contribution in [3.63, 3.8) is 0 Å². The number of nitrogens with zero attached hydrogens (tertiary/aromatic N) is 3. The molecule has 0 aliphatic heterocycles. The van der Waals surface area contributed by atoms with Crippen LogP contribution < -0.4 is 4.90 Å². The van der Waals surface area contributed by atoms with Crippen LogP contribution in [-0.4, -0.2) is 17.0 Å². The summed E-state index contributed by atoms with van der Waals surface area (Å²) in [5.41, 5.74) is 1.82. The van der Waals surface area contributed by atoms with Crippen LogP contribution in [0.4, 0.5) is 5.82 Å². The number of hydrogen-bond donors (Lipinski definition) is 0. The highest BCUT2D eigenvalue weighted by Crippen LogP contribution is 2.30. The van der Waals surface area contributed by atoms with Gasteiger partial charge >= 0.3 is 0 Å². The molecule has 2 aromatic rings. The summed E-state index contributed by atoms with van der Waals surface area (Å²) in [4.78, 5) is 10.3. The van der Waals surface area contributed by atoms with Crippen molar-refractivity contribution in [1.82, 2.24) is 9.97 Å². The van der Waals surface area contributed by atoms with Crippen LogP contribution in [0.1, 0.15) is 24.1 Å². The first kappa shape index (κ1) is 15.4. The molecule has 106 valence electrons. The molecule has 1 atom stereocenters. The molecule has 1 aromatic carbocycles. The second-order valence-electron chi connectivity index (χ2n) is 4.44. The summed E-state index contributed by atoms with van der Waals surface area (Å²) in [5, 5.41) is 1.09. The van der Waals surface area contributed by atoms with Crippen molar-refractivity contribution in [3.8, 4) is 0 Å². The van der Waals surface area contributed by atoms with Gasteiger partial charge in [0, 0.05) is 17.6 Å². The molecule has 1 heterocycles. The van der Waals surface area contributed by atoms with E-state index in [1.807, 2.05) is 36.2 Å².